The molecule has 0 aromatic rings. The van der Waals surface area contributed by atoms with E-state index in [1.54, 1.807) is 0 Å². The van der Waals surface area contributed by atoms with E-state index in [9.17, 15) is 0 Å². The van der Waals surface area contributed by atoms with Gasteiger partial charge in [0.25, 0.3) is 0 Å². The second-order valence-corrected chi connectivity index (χ2v) is 4.74. The minimum absolute atomic E-state index is 0.262. The van der Waals surface area contributed by atoms with Gasteiger partial charge in [-0.25, -0.2) is 0 Å². The number of hydrogen-bond donors (Lipinski definition) is 1. The molecule has 1 heteroatoms. The molecule has 0 radical (unpaired) electrons. The van der Waals surface area contributed by atoms with Crippen LogP contribution < -0.4 is 0 Å². The van der Waals surface area contributed by atoms with Crippen molar-refractivity contribution in [2.45, 2.75) is 40.0 Å². The van der Waals surface area contributed by atoms with Crippen LogP contribution in [-0.4, -0.2) is 11.7 Å². The summed E-state index contributed by atoms with van der Waals surface area (Å²) in [7, 11) is 0. The van der Waals surface area contributed by atoms with Crippen LogP contribution in [0.25, 0.3) is 0 Å². The quantitative estimate of drug-likeness (QED) is 0.464. The van der Waals surface area contributed by atoms with Gasteiger partial charge in [0, 0.05) is 6.61 Å². The Morgan fingerprint density at radius 3 is 2.06 bits per heavy atom. The fourth-order valence-electron chi connectivity index (χ4n) is 1.49. The van der Waals surface area contributed by atoms with E-state index >= 15 is 0 Å². The van der Waals surface area contributed by atoms with E-state index < -0.39 is 0 Å². The molecule has 0 fully saturated rings. The Morgan fingerprint density at radius 1 is 0.889 bits per heavy atom. The molecule has 18 heavy (non-hydrogen) atoms. The topological polar surface area (TPSA) is 20.2 Å². The highest BCUT2D eigenvalue weighted by Crippen LogP contribution is 2.05. The Bertz CT molecular complexity index is 284. The predicted molar refractivity (Wildman–Crippen MR) is 81.5 cm³/mol. The SMILES string of the molecule is CC/C=C\C[C@H](C)\C=C/C=C/C=C/[C@H](C)CCO. The Balaban J connectivity index is 3.82. The fraction of sp³-hybridized carbons (Fsp3) is 0.529. The van der Waals surface area contributed by atoms with Gasteiger partial charge in [0.2, 0.25) is 0 Å². The van der Waals surface area contributed by atoms with E-state index in [0.717, 1.165) is 19.3 Å². The molecule has 0 amide bonds. The molecule has 0 unspecified atom stereocenters. The molecule has 0 heterocycles. The first-order valence-corrected chi connectivity index (χ1v) is 6.98. The summed E-state index contributed by atoms with van der Waals surface area (Å²) in [6.07, 6.45) is 20.1. The predicted octanol–water partition coefficient (Wildman–Crippen LogP) is 4.67. The van der Waals surface area contributed by atoms with E-state index in [-0.39, 0.29) is 6.61 Å². The Hall–Kier alpha value is -1.08. The summed E-state index contributed by atoms with van der Waals surface area (Å²) in [4.78, 5) is 0. The molecule has 0 saturated heterocycles. The normalized spacial score (nSPS) is 16.4. The van der Waals surface area contributed by atoms with Crippen molar-refractivity contribution in [3.63, 3.8) is 0 Å². The van der Waals surface area contributed by atoms with Crippen LogP contribution >= 0.6 is 0 Å². The van der Waals surface area contributed by atoms with Crippen LogP contribution in [0.3, 0.4) is 0 Å². The largest absolute Gasteiger partial charge is 0.396 e. The van der Waals surface area contributed by atoms with Crippen molar-refractivity contribution in [3.05, 3.63) is 48.6 Å². The molecule has 0 aromatic carbocycles. The van der Waals surface area contributed by atoms with Gasteiger partial charge < -0.3 is 5.11 Å². The van der Waals surface area contributed by atoms with Gasteiger partial charge in [0.15, 0.2) is 0 Å². The highest BCUT2D eigenvalue weighted by atomic mass is 16.2. The standard InChI is InChI=1S/C17H28O/c1-4-5-8-11-16(2)12-9-6-7-10-13-17(3)14-15-18/h5-10,12-13,16-18H,4,11,14-15H2,1-3H3/b7-6+,8-5-,12-9-,13-10+/t16-,17-/m0/s1. The zero-order chi connectivity index (χ0) is 13.6. The number of allylic oxidation sites excluding steroid dienone is 8. The first-order chi connectivity index (χ1) is 8.70. The molecule has 0 aliphatic carbocycles. The van der Waals surface area contributed by atoms with E-state index in [0.29, 0.717) is 11.8 Å². The van der Waals surface area contributed by atoms with Crippen molar-refractivity contribution < 1.29 is 5.11 Å². The monoisotopic (exact) mass is 248 g/mol. The Kier molecular flexibility index (Phi) is 11.6. The average Bonchev–Trinajstić information content (AvgIpc) is 2.34. The number of aliphatic hydroxyl groups is 1. The third-order valence-corrected chi connectivity index (χ3v) is 2.71. The first kappa shape index (κ1) is 16.9. The third kappa shape index (κ3) is 11.4. The van der Waals surface area contributed by atoms with E-state index in [1.807, 2.05) is 12.2 Å². The molecule has 0 aliphatic rings. The van der Waals surface area contributed by atoms with Crippen LogP contribution in [0.1, 0.15) is 40.0 Å². The molecule has 0 aromatic heterocycles. The van der Waals surface area contributed by atoms with Crippen molar-refractivity contribution in [2.75, 3.05) is 6.61 Å². The molecular weight excluding hydrogens is 220 g/mol. The molecule has 2 atom stereocenters. The molecule has 0 bridgehead atoms. The highest BCUT2D eigenvalue weighted by Gasteiger charge is 1.92. The molecule has 0 saturated carbocycles. The second kappa shape index (κ2) is 12.4. The third-order valence-electron chi connectivity index (χ3n) is 2.71. The number of hydrogen-bond acceptors (Lipinski definition) is 1. The number of aliphatic hydroxyl groups excluding tert-OH is 1. The summed E-state index contributed by atoms with van der Waals surface area (Å²) in [5.74, 6) is 1.04. The fourth-order valence-corrected chi connectivity index (χ4v) is 1.49. The zero-order valence-corrected chi connectivity index (χ0v) is 12.0. The lowest BCUT2D eigenvalue weighted by molar-refractivity contribution is 0.274. The van der Waals surface area contributed by atoms with Crippen LogP contribution in [0.2, 0.25) is 0 Å². The molecule has 0 spiro atoms. The van der Waals surface area contributed by atoms with Crippen LogP contribution in [0.4, 0.5) is 0 Å². The van der Waals surface area contributed by atoms with Crippen molar-refractivity contribution in [1.29, 1.82) is 0 Å². The summed E-state index contributed by atoms with van der Waals surface area (Å²) in [6.45, 7) is 6.75. The van der Waals surface area contributed by atoms with Gasteiger partial charge in [0.1, 0.15) is 0 Å². The first-order valence-electron chi connectivity index (χ1n) is 6.98. The van der Waals surface area contributed by atoms with Gasteiger partial charge in [-0.2, -0.15) is 0 Å². The molecule has 1 N–H and O–H groups in total. The summed E-state index contributed by atoms with van der Waals surface area (Å²) in [6, 6.07) is 0. The van der Waals surface area contributed by atoms with Crippen molar-refractivity contribution in [2.24, 2.45) is 11.8 Å². The van der Waals surface area contributed by atoms with Gasteiger partial charge in [-0.3, -0.25) is 0 Å². The van der Waals surface area contributed by atoms with Gasteiger partial charge >= 0.3 is 0 Å². The molecule has 0 aliphatic heterocycles. The van der Waals surface area contributed by atoms with Crippen molar-refractivity contribution >= 4 is 0 Å². The lowest BCUT2D eigenvalue weighted by Crippen LogP contribution is -1.92. The van der Waals surface area contributed by atoms with Crippen LogP contribution in [0, 0.1) is 11.8 Å². The average molecular weight is 248 g/mol. The van der Waals surface area contributed by atoms with Gasteiger partial charge in [-0.05, 0) is 31.1 Å². The van der Waals surface area contributed by atoms with Crippen molar-refractivity contribution in [1.82, 2.24) is 0 Å². The molecule has 1 nitrogen and oxygen atoms in total. The summed E-state index contributed by atoms with van der Waals surface area (Å²) in [5.41, 5.74) is 0. The summed E-state index contributed by atoms with van der Waals surface area (Å²) >= 11 is 0. The Labute approximate surface area is 113 Å². The van der Waals surface area contributed by atoms with E-state index in [4.69, 9.17) is 5.11 Å². The van der Waals surface area contributed by atoms with E-state index in [2.05, 4.69) is 57.2 Å². The number of rotatable bonds is 9. The molecular formula is C17H28O. The summed E-state index contributed by atoms with van der Waals surface area (Å²) < 4.78 is 0. The Morgan fingerprint density at radius 2 is 1.50 bits per heavy atom. The van der Waals surface area contributed by atoms with Gasteiger partial charge in [-0.15, -0.1) is 0 Å². The van der Waals surface area contributed by atoms with Gasteiger partial charge in [0.05, 0.1) is 0 Å². The van der Waals surface area contributed by atoms with Crippen LogP contribution in [-0.2, 0) is 0 Å². The van der Waals surface area contributed by atoms with Crippen molar-refractivity contribution in [3.8, 4) is 0 Å². The lowest BCUT2D eigenvalue weighted by Gasteiger charge is -2.00. The van der Waals surface area contributed by atoms with Gasteiger partial charge in [-0.1, -0.05) is 69.4 Å². The smallest absolute Gasteiger partial charge is 0.0436 e. The van der Waals surface area contributed by atoms with Crippen LogP contribution in [0.15, 0.2) is 48.6 Å². The second-order valence-electron chi connectivity index (χ2n) is 4.74. The van der Waals surface area contributed by atoms with Crippen LogP contribution in [0.5, 0.6) is 0 Å². The minimum atomic E-state index is 0.262. The molecule has 102 valence electrons. The molecule has 0 rings (SSSR count). The zero-order valence-electron chi connectivity index (χ0n) is 12.0. The highest BCUT2D eigenvalue weighted by molar-refractivity contribution is 5.12. The maximum Gasteiger partial charge on any atom is 0.0436 e. The van der Waals surface area contributed by atoms with E-state index in [1.165, 1.54) is 0 Å². The minimum Gasteiger partial charge on any atom is -0.396 e. The maximum absolute atomic E-state index is 8.76. The summed E-state index contributed by atoms with van der Waals surface area (Å²) in [5, 5.41) is 8.76. The maximum atomic E-state index is 8.76. The lowest BCUT2D eigenvalue weighted by atomic mass is 10.1.